The standard InChI is InChI=1S/C27H27ClN4O3/c1-30(17-20-7-3-2-4-8-20)16-15-29-25(33)19-32-24-10-6-5-9-23(24)31(26(34)27(32)35)18-21-11-13-22(28)14-12-21/h2-14H,15-19H2,1H3,(H,29,33). The van der Waals surface area contributed by atoms with Gasteiger partial charge in [-0.15, -0.1) is 0 Å². The molecule has 180 valence electrons. The normalized spacial score (nSPS) is 11.2. The summed E-state index contributed by atoms with van der Waals surface area (Å²) in [5.74, 6) is -0.319. The number of nitrogens with zero attached hydrogens (tertiary/aromatic N) is 3. The summed E-state index contributed by atoms with van der Waals surface area (Å²) in [6.07, 6.45) is 0. The molecule has 4 rings (SSSR count). The summed E-state index contributed by atoms with van der Waals surface area (Å²) in [5.41, 5.74) is 1.75. The summed E-state index contributed by atoms with van der Waals surface area (Å²) in [5, 5.41) is 3.45. The Morgan fingerprint density at radius 2 is 1.43 bits per heavy atom. The van der Waals surface area contributed by atoms with E-state index in [0.29, 0.717) is 29.1 Å². The van der Waals surface area contributed by atoms with Crippen molar-refractivity contribution in [2.45, 2.75) is 19.6 Å². The SMILES string of the molecule is CN(CCNC(=O)Cn1c(=O)c(=O)n(Cc2ccc(Cl)cc2)c2ccccc21)Cc1ccccc1. The molecule has 0 unspecified atom stereocenters. The van der Waals surface area contributed by atoms with Gasteiger partial charge >= 0.3 is 11.1 Å². The Kier molecular flexibility index (Phi) is 7.80. The van der Waals surface area contributed by atoms with Crippen molar-refractivity contribution in [3.05, 3.63) is 116 Å². The van der Waals surface area contributed by atoms with E-state index in [0.717, 1.165) is 12.1 Å². The van der Waals surface area contributed by atoms with E-state index in [4.69, 9.17) is 11.6 Å². The Morgan fingerprint density at radius 1 is 0.829 bits per heavy atom. The van der Waals surface area contributed by atoms with Crippen LogP contribution in [0.25, 0.3) is 11.0 Å². The number of aromatic nitrogens is 2. The van der Waals surface area contributed by atoms with Crippen LogP contribution in [-0.2, 0) is 24.4 Å². The number of para-hydroxylation sites is 2. The maximum absolute atomic E-state index is 13.0. The van der Waals surface area contributed by atoms with E-state index >= 15 is 0 Å². The van der Waals surface area contributed by atoms with Crippen LogP contribution in [-0.4, -0.2) is 40.1 Å². The summed E-state index contributed by atoms with van der Waals surface area (Å²) in [6, 6.07) is 24.3. The molecule has 1 N–H and O–H groups in total. The number of halogens is 1. The first-order valence-electron chi connectivity index (χ1n) is 11.4. The smallest absolute Gasteiger partial charge is 0.317 e. The van der Waals surface area contributed by atoms with Crippen LogP contribution in [0.4, 0.5) is 0 Å². The molecule has 0 saturated carbocycles. The zero-order chi connectivity index (χ0) is 24.8. The number of fused-ring (bicyclic) bond motifs is 1. The van der Waals surface area contributed by atoms with Gasteiger partial charge in [0.15, 0.2) is 0 Å². The second kappa shape index (κ2) is 11.2. The molecule has 4 aromatic rings. The van der Waals surface area contributed by atoms with Gasteiger partial charge in [0, 0.05) is 24.7 Å². The van der Waals surface area contributed by atoms with Gasteiger partial charge in [-0.2, -0.15) is 0 Å². The third-order valence-corrected chi connectivity index (χ3v) is 6.06. The van der Waals surface area contributed by atoms with Crippen molar-refractivity contribution in [1.82, 2.24) is 19.4 Å². The number of hydrogen-bond donors (Lipinski definition) is 1. The van der Waals surface area contributed by atoms with E-state index in [2.05, 4.69) is 22.3 Å². The first kappa shape index (κ1) is 24.4. The molecular formula is C27H27ClN4O3. The lowest BCUT2D eigenvalue weighted by molar-refractivity contribution is -0.121. The highest BCUT2D eigenvalue weighted by atomic mass is 35.5. The lowest BCUT2D eigenvalue weighted by Gasteiger charge is -2.18. The molecule has 0 saturated heterocycles. The molecule has 1 aromatic heterocycles. The zero-order valence-corrected chi connectivity index (χ0v) is 20.2. The number of rotatable bonds is 9. The highest BCUT2D eigenvalue weighted by molar-refractivity contribution is 6.30. The summed E-state index contributed by atoms with van der Waals surface area (Å²) >= 11 is 5.96. The lowest BCUT2D eigenvalue weighted by Crippen LogP contribution is -2.44. The predicted octanol–water partition coefficient (Wildman–Crippen LogP) is 3.11. The molecule has 1 heterocycles. The summed E-state index contributed by atoms with van der Waals surface area (Å²) < 4.78 is 2.69. The second-order valence-corrected chi connectivity index (χ2v) is 8.91. The molecule has 0 aliphatic rings. The van der Waals surface area contributed by atoms with Crippen molar-refractivity contribution in [2.24, 2.45) is 0 Å². The van der Waals surface area contributed by atoms with Crippen molar-refractivity contribution < 1.29 is 4.79 Å². The van der Waals surface area contributed by atoms with Gasteiger partial charge in [-0.1, -0.05) is 66.2 Å². The van der Waals surface area contributed by atoms with Crippen molar-refractivity contribution in [1.29, 1.82) is 0 Å². The van der Waals surface area contributed by atoms with Crippen molar-refractivity contribution in [3.8, 4) is 0 Å². The van der Waals surface area contributed by atoms with Crippen LogP contribution in [0.3, 0.4) is 0 Å². The molecule has 0 aliphatic carbocycles. The minimum absolute atomic E-state index is 0.223. The highest BCUT2D eigenvalue weighted by Gasteiger charge is 2.15. The van der Waals surface area contributed by atoms with Crippen LogP contribution < -0.4 is 16.4 Å². The van der Waals surface area contributed by atoms with Gasteiger partial charge in [0.25, 0.3) is 0 Å². The second-order valence-electron chi connectivity index (χ2n) is 8.47. The molecule has 0 aliphatic heterocycles. The van der Waals surface area contributed by atoms with E-state index in [-0.39, 0.29) is 19.0 Å². The Bertz CT molecular complexity index is 1430. The molecule has 0 fully saturated rings. The van der Waals surface area contributed by atoms with E-state index < -0.39 is 11.1 Å². The molecular weight excluding hydrogens is 464 g/mol. The number of carbonyl (C=O) groups is 1. The number of amides is 1. The van der Waals surface area contributed by atoms with Crippen LogP contribution in [0.2, 0.25) is 5.02 Å². The van der Waals surface area contributed by atoms with Gasteiger partial charge < -0.3 is 10.2 Å². The van der Waals surface area contributed by atoms with E-state index in [9.17, 15) is 14.4 Å². The van der Waals surface area contributed by atoms with Crippen molar-refractivity contribution in [2.75, 3.05) is 20.1 Å². The average molecular weight is 491 g/mol. The third-order valence-electron chi connectivity index (χ3n) is 5.80. The Morgan fingerprint density at radius 3 is 2.11 bits per heavy atom. The van der Waals surface area contributed by atoms with Gasteiger partial charge in [-0.25, -0.2) is 0 Å². The van der Waals surface area contributed by atoms with Crippen molar-refractivity contribution in [3.63, 3.8) is 0 Å². The topological polar surface area (TPSA) is 76.3 Å². The first-order valence-corrected chi connectivity index (χ1v) is 11.8. The minimum Gasteiger partial charge on any atom is -0.353 e. The molecule has 0 bridgehead atoms. The van der Waals surface area contributed by atoms with Crippen molar-refractivity contribution >= 4 is 28.5 Å². The van der Waals surface area contributed by atoms with Crippen LogP contribution in [0.5, 0.6) is 0 Å². The number of carbonyl (C=O) groups excluding carboxylic acids is 1. The maximum Gasteiger partial charge on any atom is 0.317 e. The molecule has 0 atom stereocenters. The van der Waals surface area contributed by atoms with Crippen LogP contribution in [0.1, 0.15) is 11.1 Å². The predicted molar refractivity (Wildman–Crippen MR) is 139 cm³/mol. The fourth-order valence-electron chi connectivity index (χ4n) is 4.02. The maximum atomic E-state index is 13.0. The molecule has 35 heavy (non-hydrogen) atoms. The fraction of sp³-hybridized carbons (Fsp3) is 0.222. The third kappa shape index (κ3) is 6.07. The Balaban J connectivity index is 1.48. The van der Waals surface area contributed by atoms with Gasteiger partial charge in [-0.05, 0) is 42.4 Å². The van der Waals surface area contributed by atoms with Crippen LogP contribution in [0.15, 0.2) is 88.5 Å². The lowest BCUT2D eigenvalue weighted by atomic mass is 10.2. The van der Waals surface area contributed by atoms with Gasteiger partial charge in [0.05, 0.1) is 17.6 Å². The van der Waals surface area contributed by atoms with Gasteiger partial charge in [0.2, 0.25) is 5.91 Å². The van der Waals surface area contributed by atoms with Gasteiger partial charge in [-0.3, -0.25) is 23.5 Å². The monoisotopic (exact) mass is 490 g/mol. The Hall–Kier alpha value is -3.68. The molecule has 0 spiro atoms. The quantitative estimate of drug-likeness (QED) is 0.366. The van der Waals surface area contributed by atoms with E-state index in [1.165, 1.54) is 14.7 Å². The number of hydrogen-bond acceptors (Lipinski definition) is 4. The first-order chi connectivity index (χ1) is 16.9. The minimum atomic E-state index is -0.728. The highest BCUT2D eigenvalue weighted by Crippen LogP contribution is 2.14. The summed E-state index contributed by atoms with van der Waals surface area (Å²) in [6.45, 7) is 1.86. The number of likely N-dealkylation sites (N-methyl/N-ethyl adjacent to an activating group) is 1. The molecule has 7 nitrogen and oxygen atoms in total. The fourth-order valence-corrected chi connectivity index (χ4v) is 4.14. The Labute approximate surface area is 208 Å². The van der Waals surface area contributed by atoms with E-state index in [1.54, 1.807) is 36.4 Å². The van der Waals surface area contributed by atoms with E-state index in [1.807, 2.05) is 37.4 Å². The molecule has 1 amide bonds. The summed E-state index contributed by atoms with van der Waals surface area (Å²) in [4.78, 5) is 40.8. The number of nitrogens with one attached hydrogen (secondary N) is 1. The van der Waals surface area contributed by atoms with Crippen LogP contribution in [0, 0.1) is 0 Å². The molecule has 8 heteroatoms. The van der Waals surface area contributed by atoms with Gasteiger partial charge in [0.1, 0.15) is 6.54 Å². The summed E-state index contributed by atoms with van der Waals surface area (Å²) in [7, 11) is 1.98. The molecule has 3 aromatic carbocycles. The largest absolute Gasteiger partial charge is 0.353 e. The zero-order valence-electron chi connectivity index (χ0n) is 19.5. The molecule has 0 radical (unpaired) electrons. The van der Waals surface area contributed by atoms with Crippen LogP contribution >= 0.6 is 11.6 Å². The number of benzene rings is 3. The average Bonchev–Trinajstić information content (AvgIpc) is 2.86.